The zero-order valence-corrected chi connectivity index (χ0v) is 14.7. The SMILES string of the molecule is N#Cc1c(Cl)nsc1NCc1csc(-c2ccc(C(F)(F)F)cc2)n1. The topological polar surface area (TPSA) is 61.6 Å². The molecular formula is C15H8ClF3N4S2. The van der Waals surface area contributed by atoms with Crippen LogP contribution in [0.5, 0.6) is 0 Å². The molecule has 2 heterocycles. The summed E-state index contributed by atoms with van der Waals surface area (Å²) >= 11 is 8.21. The summed E-state index contributed by atoms with van der Waals surface area (Å²) in [6.07, 6.45) is -4.36. The lowest BCUT2D eigenvalue weighted by atomic mass is 10.1. The summed E-state index contributed by atoms with van der Waals surface area (Å²) in [6, 6.07) is 6.84. The smallest absolute Gasteiger partial charge is 0.369 e. The molecule has 0 radical (unpaired) electrons. The van der Waals surface area contributed by atoms with E-state index in [1.165, 1.54) is 23.5 Å². The van der Waals surface area contributed by atoms with E-state index in [0.717, 1.165) is 23.7 Å². The van der Waals surface area contributed by atoms with Crippen LogP contribution < -0.4 is 5.32 Å². The Morgan fingerprint density at radius 2 is 1.96 bits per heavy atom. The third-order valence-corrected chi connectivity index (χ3v) is 5.32. The molecule has 2 aromatic heterocycles. The average Bonchev–Trinajstić information content (AvgIpc) is 3.18. The molecule has 128 valence electrons. The van der Waals surface area contributed by atoms with Crippen molar-refractivity contribution in [2.75, 3.05) is 5.32 Å². The van der Waals surface area contributed by atoms with Crippen molar-refractivity contribution in [3.05, 3.63) is 51.6 Å². The van der Waals surface area contributed by atoms with Crippen molar-refractivity contribution < 1.29 is 13.2 Å². The monoisotopic (exact) mass is 400 g/mol. The second-order valence-corrected chi connectivity index (χ2v) is 6.85. The average molecular weight is 401 g/mol. The van der Waals surface area contributed by atoms with E-state index in [-0.39, 0.29) is 10.7 Å². The maximum absolute atomic E-state index is 12.6. The lowest BCUT2D eigenvalue weighted by molar-refractivity contribution is -0.137. The molecule has 4 nitrogen and oxygen atoms in total. The van der Waals surface area contributed by atoms with E-state index in [4.69, 9.17) is 16.9 Å². The minimum absolute atomic E-state index is 0.152. The molecule has 1 aromatic carbocycles. The summed E-state index contributed by atoms with van der Waals surface area (Å²) in [5.74, 6) is 0. The highest BCUT2D eigenvalue weighted by molar-refractivity contribution is 7.13. The molecule has 0 atom stereocenters. The van der Waals surface area contributed by atoms with Crippen molar-refractivity contribution in [3.63, 3.8) is 0 Å². The summed E-state index contributed by atoms with van der Waals surface area (Å²) < 4.78 is 41.7. The van der Waals surface area contributed by atoms with Crippen molar-refractivity contribution in [1.82, 2.24) is 9.36 Å². The van der Waals surface area contributed by atoms with E-state index < -0.39 is 11.7 Å². The minimum atomic E-state index is -4.36. The fourth-order valence-electron chi connectivity index (χ4n) is 1.98. The van der Waals surface area contributed by atoms with Gasteiger partial charge in [-0.3, -0.25) is 0 Å². The van der Waals surface area contributed by atoms with Crippen molar-refractivity contribution in [3.8, 4) is 16.6 Å². The number of thiazole rings is 1. The first-order chi connectivity index (χ1) is 11.9. The molecule has 0 saturated carbocycles. The Bertz CT molecular complexity index is 926. The van der Waals surface area contributed by atoms with E-state index in [2.05, 4.69) is 14.7 Å². The highest BCUT2D eigenvalue weighted by atomic mass is 35.5. The van der Waals surface area contributed by atoms with Gasteiger partial charge in [-0.25, -0.2) is 4.98 Å². The number of hydrogen-bond acceptors (Lipinski definition) is 6. The third-order valence-electron chi connectivity index (χ3n) is 3.20. The molecule has 0 unspecified atom stereocenters. The number of benzene rings is 1. The quantitative estimate of drug-likeness (QED) is 0.635. The molecule has 3 aromatic rings. The second kappa shape index (κ2) is 7.00. The summed E-state index contributed by atoms with van der Waals surface area (Å²) in [7, 11) is 0. The van der Waals surface area contributed by atoms with Crippen LogP contribution in [0.25, 0.3) is 10.6 Å². The van der Waals surface area contributed by atoms with Gasteiger partial charge in [0.1, 0.15) is 21.6 Å². The summed E-state index contributed by atoms with van der Waals surface area (Å²) in [6.45, 7) is 0.352. The Hall–Kier alpha value is -2.15. The van der Waals surface area contributed by atoms with Gasteiger partial charge in [0.2, 0.25) is 0 Å². The predicted octanol–water partition coefficient (Wildman–Crippen LogP) is 5.42. The molecule has 0 bridgehead atoms. The molecule has 10 heteroatoms. The van der Waals surface area contributed by atoms with Gasteiger partial charge in [-0.15, -0.1) is 11.3 Å². The van der Waals surface area contributed by atoms with Crippen LogP contribution >= 0.6 is 34.5 Å². The Balaban J connectivity index is 1.71. The number of nitrogens with zero attached hydrogens (tertiary/aromatic N) is 3. The molecule has 25 heavy (non-hydrogen) atoms. The van der Waals surface area contributed by atoms with E-state index in [9.17, 15) is 13.2 Å². The summed E-state index contributed by atoms with van der Waals surface area (Å²) in [5.41, 5.74) is 0.904. The van der Waals surface area contributed by atoms with Crippen molar-refractivity contribution in [2.45, 2.75) is 12.7 Å². The van der Waals surface area contributed by atoms with Crippen LogP contribution in [0.3, 0.4) is 0 Å². The van der Waals surface area contributed by atoms with Gasteiger partial charge in [-0.1, -0.05) is 23.7 Å². The lowest BCUT2D eigenvalue weighted by Gasteiger charge is -2.06. The Morgan fingerprint density at radius 3 is 2.60 bits per heavy atom. The van der Waals surface area contributed by atoms with Crippen LogP contribution in [-0.4, -0.2) is 9.36 Å². The Kier molecular flexibility index (Phi) is 4.94. The minimum Gasteiger partial charge on any atom is -0.369 e. The molecule has 0 aliphatic heterocycles. The van der Waals surface area contributed by atoms with Gasteiger partial charge in [0.15, 0.2) is 5.15 Å². The van der Waals surface area contributed by atoms with Gasteiger partial charge in [-0.2, -0.15) is 22.8 Å². The first-order valence-electron chi connectivity index (χ1n) is 6.79. The molecule has 3 rings (SSSR count). The number of nitriles is 1. The summed E-state index contributed by atoms with van der Waals surface area (Å²) in [4.78, 5) is 4.39. The van der Waals surface area contributed by atoms with Crippen LogP contribution in [0.2, 0.25) is 5.15 Å². The standard InChI is InChI=1S/C15H8ClF3N4S2/c16-12-11(5-20)14(25-23-12)21-6-10-7-24-13(22-10)8-1-3-9(4-2-8)15(17,18)19/h1-4,7,21H,6H2. The predicted molar refractivity (Wildman–Crippen MR) is 91.7 cm³/mol. The zero-order valence-electron chi connectivity index (χ0n) is 12.3. The highest BCUT2D eigenvalue weighted by Gasteiger charge is 2.30. The van der Waals surface area contributed by atoms with E-state index >= 15 is 0 Å². The Labute approximate surface area is 153 Å². The third kappa shape index (κ3) is 3.92. The number of nitrogens with one attached hydrogen (secondary N) is 1. The maximum atomic E-state index is 12.6. The van der Waals surface area contributed by atoms with E-state index in [1.807, 2.05) is 6.07 Å². The fourth-order valence-corrected chi connectivity index (χ4v) is 3.74. The van der Waals surface area contributed by atoms with Gasteiger partial charge in [0.25, 0.3) is 0 Å². The zero-order chi connectivity index (χ0) is 18.0. The molecular weight excluding hydrogens is 393 g/mol. The Morgan fingerprint density at radius 1 is 1.24 bits per heavy atom. The first-order valence-corrected chi connectivity index (χ1v) is 8.83. The number of halogens is 4. The molecule has 1 N–H and O–H groups in total. The fraction of sp³-hybridized carbons (Fsp3) is 0.133. The van der Waals surface area contributed by atoms with Gasteiger partial charge >= 0.3 is 6.18 Å². The molecule has 0 fully saturated rings. The van der Waals surface area contributed by atoms with Crippen molar-refractivity contribution in [2.24, 2.45) is 0 Å². The largest absolute Gasteiger partial charge is 0.416 e. The molecule has 0 aliphatic rings. The van der Waals surface area contributed by atoms with Crippen LogP contribution in [0.15, 0.2) is 29.6 Å². The number of rotatable bonds is 4. The molecule has 0 amide bonds. The van der Waals surface area contributed by atoms with Crippen molar-refractivity contribution in [1.29, 1.82) is 5.26 Å². The first kappa shape index (κ1) is 17.7. The molecule has 0 aliphatic carbocycles. The molecule has 0 spiro atoms. The number of aromatic nitrogens is 2. The van der Waals surface area contributed by atoms with Gasteiger partial charge in [0, 0.05) is 10.9 Å². The number of anilines is 1. The van der Waals surface area contributed by atoms with Crippen LogP contribution in [0.4, 0.5) is 18.2 Å². The summed E-state index contributed by atoms with van der Waals surface area (Å²) in [5, 5.41) is 15.2. The van der Waals surface area contributed by atoms with Gasteiger partial charge in [-0.05, 0) is 23.7 Å². The molecule has 0 saturated heterocycles. The van der Waals surface area contributed by atoms with Gasteiger partial charge < -0.3 is 5.32 Å². The normalized spacial score (nSPS) is 11.3. The highest BCUT2D eigenvalue weighted by Crippen LogP contribution is 2.32. The van der Waals surface area contributed by atoms with E-state index in [0.29, 0.717) is 27.8 Å². The van der Waals surface area contributed by atoms with Crippen LogP contribution in [0, 0.1) is 11.3 Å². The van der Waals surface area contributed by atoms with E-state index in [1.54, 1.807) is 5.38 Å². The van der Waals surface area contributed by atoms with Crippen molar-refractivity contribution >= 4 is 39.5 Å². The second-order valence-electron chi connectivity index (χ2n) is 4.86. The lowest BCUT2D eigenvalue weighted by Crippen LogP contribution is -2.04. The number of alkyl halides is 3. The van der Waals surface area contributed by atoms with Gasteiger partial charge in [0.05, 0.1) is 17.8 Å². The maximum Gasteiger partial charge on any atom is 0.416 e. The van der Waals surface area contributed by atoms with Crippen LogP contribution in [-0.2, 0) is 12.7 Å². The number of hydrogen-bond donors (Lipinski definition) is 1. The van der Waals surface area contributed by atoms with Crippen LogP contribution in [0.1, 0.15) is 16.8 Å².